The maximum Gasteiger partial charge on any atom is 0.246 e. The molecule has 1 saturated carbocycles. The first kappa shape index (κ1) is 23.4. The van der Waals surface area contributed by atoms with E-state index >= 15 is 0 Å². The Bertz CT molecular complexity index is 926. The number of hydrogen-bond donors (Lipinski definition) is 2. The molecule has 2 N–H and O–H groups in total. The lowest BCUT2D eigenvalue weighted by Gasteiger charge is -2.34. The Morgan fingerprint density at radius 1 is 1.09 bits per heavy atom. The van der Waals surface area contributed by atoms with Gasteiger partial charge in [0.15, 0.2) is 5.82 Å². The van der Waals surface area contributed by atoms with Gasteiger partial charge < -0.3 is 15.5 Å². The summed E-state index contributed by atoms with van der Waals surface area (Å²) in [6, 6.07) is 8.94. The van der Waals surface area contributed by atoms with E-state index in [0.717, 1.165) is 44.1 Å². The Kier molecular flexibility index (Phi) is 7.69. The van der Waals surface area contributed by atoms with E-state index in [9.17, 15) is 9.59 Å². The SMILES string of the molecule is CNC(C)C(=O)NC(C(=O)N1CCC[C@H]1c1nnn(Cc2ccccc2)n1)C1CCCCC1. The van der Waals surface area contributed by atoms with Gasteiger partial charge in [-0.15, -0.1) is 10.2 Å². The second kappa shape index (κ2) is 10.9. The zero-order valence-corrected chi connectivity index (χ0v) is 19.6. The van der Waals surface area contributed by atoms with E-state index < -0.39 is 6.04 Å². The summed E-state index contributed by atoms with van der Waals surface area (Å²) in [4.78, 5) is 29.9. The average Bonchev–Trinajstić information content (AvgIpc) is 3.52. The summed E-state index contributed by atoms with van der Waals surface area (Å²) in [6.45, 7) is 3.00. The van der Waals surface area contributed by atoms with Crippen LogP contribution in [0.3, 0.4) is 0 Å². The van der Waals surface area contributed by atoms with Gasteiger partial charge in [0.2, 0.25) is 11.8 Å². The molecule has 1 aliphatic heterocycles. The molecule has 178 valence electrons. The molecule has 1 saturated heterocycles. The summed E-state index contributed by atoms with van der Waals surface area (Å²) in [5.74, 6) is 0.598. The summed E-state index contributed by atoms with van der Waals surface area (Å²) in [7, 11) is 1.75. The Morgan fingerprint density at radius 2 is 1.85 bits per heavy atom. The first-order valence-electron chi connectivity index (χ1n) is 12.2. The van der Waals surface area contributed by atoms with Crippen molar-refractivity contribution >= 4 is 11.8 Å². The molecule has 1 aromatic carbocycles. The number of likely N-dealkylation sites (N-methyl/N-ethyl adjacent to an activating group) is 1. The molecule has 2 unspecified atom stereocenters. The Hall–Kier alpha value is -2.81. The van der Waals surface area contributed by atoms with Gasteiger partial charge in [0.05, 0.1) is 18.6 Å². The Morgan fingerprint density at radius 3 is 2.58 bits per heavy atom. The minimum Gasteiger partial charge on any atom is -0.343 e. The van der Waals surface area contributed by atoms with Crippen LogP contribution in [0.4, 0.5) is 0 Å². The second-order valence-electron chi connectivity index (χ2n) is 9.25. The van der Waals surface area contributed by atoms with Crippen LogP contribution < -0.4 is 10.6 Å². The van der Waals surface area contributed by atoms with Crippen LogP contribution in [0.2, 0.25) is 0 Å². The molecule has 1 aromatic heterocycles. The van der Waals surface area contributed by atoms with Crippen molar-refractivity contribution in [3.8, 4) is 0 Å². The van der Waals surface area contributed by atoms with E-state index in [0.29, 0.717) is 18.9 Å². The van der Waals surface area contributed by atoms with Crippen LogP contribution >= 0.6 is 0 Å². The number of tetrazole rings is 1. The molecule has 2 aromatic rings. The van der Waals surface area contributed by atoms with Crippen LogP contribution in [-0.2, 0) is 16.1 Å². The van der Waals surface area contributed by atoms with Gasteiger partial charge >= 0.3 is 0 Å². The topological polar surface area (TPSA) is 105 Å². The molecule has 9 heteroatoms. The highest BCUT2D eigenvalue weighted by Crippen LogP contribution is 2.33. The zero-order chi connectivity index (χ0) is 23.2. The summed E-state index contributed by atoms with van der Waals surface area (Å²) in [5, 5.41) is 19.2. The van der Waals surface area contributed by atoms with Gasteiger partial charge in [0.1, 0.15) is 6.04 Å². The monoisotopic (exact) mass is 453 g/mol. The highest BCUT2D eigenvalue weighted by molar-refractivity contribution is 5.90. The van der Waals surface area contributed by atoms with E-state index in [-0.39, 0.29) is 29.8 Å². The number of nitrogens with zero attached hydrogens (tertiary/aromatic N) is 5. The molecule has 33 heavy (non-hydrogen) atoms. The van der Waals surface area contributed by atoms with Crippen molar-refractivity contribution in [3.05, 3.63) is 41.7 Å². The van der Waals surface area contributed by atoms with E-state index in [2.05, 4.69) is 26.0 Å². The first-order chi connectivity index (χ1) is 16.1. The number of carbonyl (C=O) groups is 2. The Balaban J connectivity index is 1.50. The van der Waals surface area contributed by atoms with Crippen LogP contribution in [0.1, 0.15) is 69.3 Å². The quantitative estimate of drug-likeness (QED) is 0.634. The van der Waals surface area contributed by atoms with Crippen molar-refractivity contribution in [3.63, 3.8) is 0 Å². The molecule has 2 aliphatic rings. The van der Waals surface area contributed by atoms with Crippen molar-refractivity contribution in [2.24, 2.45) is 5.92 Å². The predicted octanol–water partition coefficient (Wildman–Crippen LogP) is 2.06. The van der Waals surface area contributed by atoms with E-state index in [1.54, 1.807) is 11.8 Å². The number of amides is 2. The fraction of sp³-hybridized carbons (Fsp3) is 0.625. The largest absolute Gasteiger partial charge is 0.343 e. The maximum absolute atomic E-state index is 13.8. The second-order valence-corrected chi connectivity index (χ2v) is 9.25. The summed E-state index contributed by atoms with van der Waals surface area (Å²) in [6.07, 6.45) is 7.03. The smallest absolute Gasteiger partial charge is 0.246 e. The van der Waals surface area contributed by atoms with Crippen LogP contribution in [0.25, 0.3) is 0 Å². The molecule has 2 fully saturated rings. The van der Waals surface area contributed by atoms with E-state index in [4.69, 9.17) is 0 Å². The third-order valence-corrected chi connectivity index (χ3v) is 6.98. The zero-order valence-electron chi connectivity index (χ0n) is 19.6. The van der Waals surface area contributed by atoms with Crippen LogP contribution in [0.5, 0.6) is 0 Å². The van der Waals surface area contributed by atoms with Crippen molar-refractivity contribution in [1.29, 1.82) is 0 Å². The van der Waals surface area contributed by atoms with E-state index in [1.165, 1.54) is 6.42 Å². The van der Waals surface area contributed by atoms with Gasteiger partial charge in [0.25, 0.3) is 0 Å². The molecular formula is C24H35N7O2. The average molecular weight is 454 g/mol. The molecule has 0 spiro atoms. The molecular weight excluding hydrogens is 418 g/mol. The van der Waals surface area contributed by atoms with Crippen LogP contribution in [0.15, 0.2) is 30.3 Å². The predicted molar refractivity (Wildman–Crippen MR) is 124 cm³/mol. The summed E-state index contributed by atoms with van der Waals surface area (Å²) >= 11 is 0. The van der Waals surface area contributed by atoms with Gasteiger partial charge in [-0.2, -0.15) is 4.80 Å². The lowest BCUT2D eigenvalue weighted by Crippen LogP contribution is -2.55. The number of nitrogens with one attached hydrogen (secondary N) is 2. The molecule has 2 amide bonds. The molecule has 4 rings (SSSR count). The fourth-order valence-corrected chi connectivity index (χ4v) is 4.94. The molecule has 9 nitrogen and oxygen atoms in total. The normalized spacial score (nSPS) is 21.0. The number of aromatic nitrogens is 4. The van der Waals surface area contributed by atoms with Gasteiger partial charge in [-0.1, -0.05) is 49.6 Å². The van der Waals surface area contributed by atoms with Gasteiger partial charge in [0, 0.05) is 6.54 Å². The van der Waals surface area contributed by atoms with Gasteiger partial charge in [-0.05, 0) is 56.3 Å². The first-order valence-corrected chi connectivity index (χ1v) is 12.2. The van der Waals surface area contributed by atoms with Crippen LogP contribution in [-0.4, -0.2) is 62.6 Å². The van der Waals surface area contributed by atoms with Crippen LogP contribution in [0, 0.1) is 5.92 Å². The fourth-order valence-electron chi connectivity index (χ4n) is 4.94. The lowest BCUT2D eigenvalue weighted by atomic mass is 9.83. The summed E-state index contributed by atoms with van der Waals surface area (Å²) < 4.78 is 0. The van der Waals surface area contributed by atoms with Gasteiger partial charge in [-0.3, -0.25) is 9.59 Å². The Labute approximate surface area is 195 Å². The number of carbonyl (C=O) groups excluding carboxylic acids is 2. The van der Waals surface area contributed by atoms with E-state index in [1.807, 2.05) is 42.2 Å². The highest BCUT2D eigenvalue weighted by atomic mass is 16.2. The number of benzene rings is 1. The minimum absolute atomic E-state index is 0.0135. The highest BCUT2D eigenvalue weighted by Gasteiger charge is 2.40. The van der Waals surface area contributed by atoms with Crippen molar-refractivity contribution < 1.29 is 9.59 Å². The van der Waals surface area contributed by atoms with Crippen molar-refractivity contribution in [1.82, 2.24) is 35.7 Å². The van der Waals surface area contributed by atoms with Crippen molar-refractivity contribution in [2.45, 2.75) is 76.5 Å². The molecule has 2 heterocycles. The molecule has 0 bridgehead atoms. The van der Waals surface area contributed by atoms with Crippen molar-refractivity contribution in [2.75, 3.05) is 13.6 Å². The number of hydrogen-bond acceptors (Lipinski definition) is 6. The maximum atomic E-state index is 13.8. The lowest BCUT2D eigenvalue weighted by molar-refractivity contribution is -0.139. The molecule has 0 radical (unpaired) electrons. The minimum atomic E-state index is -0.506. The standard InChI is InChI=1S/C24H35N7O2/c1-17(25-2)23(32)26-21(19-12-7-4-8-13-19)24(33)30-15-9-14-20(30)22-27-29-31(28-22)16-18-10-5-3-6-11-18/h3,5-6,10-11,17,19-21,25H,4,7-9,12-16H2,1-2H3,(H,26,32)/t17?,20-,21?/m0/s1. The van der Waals surface area contributed by atoms with Gasteiger partial charge in [-0.25, -0.2) is 0 Å². The third kappa shape index (κ3) is 5.58. The third-order valence-electron chi connectivity index (χ3n) is 6.98. The number of rotatable bonds is 8. The molecule has 1 aliphatic carbocycles. The number of likely N-dealkylation sites (tertiary alicyclic amines) is 1. The summed E-state index contributed by atoms with van der Waals surface area (Å²) in [5.41, 5.74) is 1.10. The molecule has 3 atom stereocenters.